The van der Waals surface area contributed by atoms with Gasteiger partial charge in [-0.25, -0.2) is 8.42 Å². The number of halogens is 4. The molecule has 0 atom stereocenters. The van der Waals surface area contributed by atoms with E-state index in [2.05, 4.69) is 10.0 Å². The van der Waals surface area contributed by atoms with Gasteiger partial charge in [0, 0.05) is 11.3 Å². The van der Waals surface area contributed by atoms with Gasteiger partial charge in [-0.05, 0) is 53.9 Å². The Bertz CT molecular complexity index is 1130. The first-order chi connectivity index (χ1) is 13.6. The Balaban J connectivity index is 1.75. The summed E-state index contributed by atoms with van der Waals surface area (Å²) in [6.45, 7) is 0. The molecule has 0 spiro atoms. The molecule has 1 amide bonds. The summed E-state index contributed by atoms with van der Waals surface area (Å²) in [5, 5.41) is 3.90. The summed E-state index contributed by atoms with van der Waals surface area (Å²) in [4.78, 5) is 12.3. The topological polar surface area (TPSA) is 75.3 Å². The van der Waals surface area contributed by atoms with Crippen LogP contribution in [0.1, 0.15) is 15.9 Å². The van der Waals surface area contributed by atoms with Crippen LogP contribution in [0.3, 0.4) is 0 Å². The van der Waals surface area contributed by atoms with Crippen LogP contribution in [0.5, 0.6) is 0 Å². The minimum atomic E-state index is -4.58. The molecule has 0 saturated carbocycles. The van der Waals surface area contributed by atoms with E-state index in [9.17, 15) is 26.4 Å². The number of alkyl halides is 3. The Morgan fingerprint density at radius 3 is 2.31 bits per heavy atom. The molecule has 0 saturated heterocycles. The monoisotopic (exact) mass is 460 g/mol. The van der Waals surface area contributed by atoms with Gasteiger partial charge < -0.3 is 5.32 Å². The average Bonchev–Trinajstić information content (AvgIpc) is 3.18. The molecule has 2 aromatic carbocycles. The normalized spacial score (nSPS) is 11.9. The molecule has 0 fully saturated rings. The Morgan fingerprint density at radius 1 is 1.03 bits per heavy atom. The van der Waals surface area contributed by atoms with Gasteiger partial charge in [0.1, 0.15) is 4.21 Å². The third kappa shape index (κ3) is 5.08. The second kappa shape index (κ2) is 8.05. The first kappa shape index (κ1) is 21.2. The average molecular weight is 461 g/mol. The van der Waals surface area contributed by atoms with Gasteiger partial charge in [-0.2, -0.15) is 13.2 Å². The van der Waals surface area contributed by atoms with Crippen LogP contribution in [0.15, 0.2) is 64.2 Å². The number of amides is 1. The van der Waals surface area contributed by atoms with E-state index in [1.807, 2.05) is 0 Å². The zero-order valence-electron chi connectivity index (χ0n) is 14.3. The minimum absolute atomic E-state index is 0.0494. The Kier molecular flexibility index (Phi) is 5.87. The predicted molar refractivity (Wildman–Crippen MR) is 106 cm³/mol. The van der Waals surface area contributed by atoms with E-state index in [4.69, 9.17) is 11.6 Å². The number of anilines is 2. The number of thiophene rings is 1. The Morgan fingerprint density at radius 2 is 1.72 bits per heavy atom. The highest BCUT2D eigenvalue weighted by atomic mass is 35.5. The van der Waals surface area contributed by atoms with Crippen molar-refractivity contribution in [2.75, 3.05) is 10.0 Å². The SMILES string of the molecule is O=C(Nc1cc(C(F)(F)F)ccc1Cl)c1ccc(NS(=O)(=O)c2cccs2)cc1. The van der Waals surface area contributed by atoms with E-state index < -0.39 is 27.7 Å². The third-order valence-electron chi connectivity index (χ3n) is 3.70. The number of sulfonamides is 1. The minimum Gasteiger partial charge on any atom is -0.321 e. The van der Waals surface area contributed by atoms with Gasteiger partial charge in [0.2, 0.25) is 0 Å². The number of hydrogen-bond acceptors (Lipinski definition) is 4. The van der Waals surface area contributed by atoms with Gasteiger partial charge in [-0.15, -0.1) is 11.3 Å². The molecule has 11 heteroatoms. The van der Waals surface area contributed by atoms with E-state index in [1.165, 1.54) is 30.3 Å². The molecule has 0 unspecified atom stereocenters. The van der Waals surface area contributed by atoms with Crippen LogP contribution in [0.2, 0.25) is 5.02 Å². The number of nitrogens with one attached hydrogen (secondary N) is 2. The number of benzene rings is 2. The van der Waals surface area contributed by atoms with Crippen LogP contribution in [-0.2, 0) is 16.2 Å². The van der Waals surface area contributed by atoms with Crippen LogP contribution < -0.4 is 10.0 Å². The summed E-state index contributed by atoms with van der Waals surface area (Å²) < 4.78 is 65.4. The van der Waals surface area contributed by atoms with Crippen molar-refractivity contribution < 1.29 is 26.4 Å². The first-order valence-electron chi connectivity index (χ1n) is 7.91. The maximum Gasteiger partial charge on any atom is 0.416 e. The van der Waals surface area contributed by atoms with E-state index >= 15 is 0 Å². The van der Waals surface area contributed by atoms with Crippen molar-refractivity contribution in [3.05, 3.63) is 76.1 Å². The number of hydrogen-bond donors (Lipinski definition) is 2. The Hall–Kier alpha value is -2.56. The van der Waals surface area contributed by atoms with E-state index in [0.717, 1.165) is 29.5 Å². The van der Waals surface area contributed by atoms with Crippen molar-refractivity contribution >= 4 is 50.2 Å². The smallest absolute Gasteiger partial charge is 0.321 e. The van der Waals surface area contributed by atoms with Gasteiger partial charge in [0.15, 0.2) is 0 Å². The summed E-state index contributed by atoms with van der Waals surface area (Å²) in [5.41, 5.74) is -0.797. The maximum atomic E-state index is 12.8. The molecule has 3 rings (SSSR count). The molecular formula is C18H12ClF3N2O3S2. The molecular weight excluding hydrogens is 449 g/mol. The zero-order chi connectivity index (χ0) is 21.2. The highest BCUT2D eigenvalue weighted by Gasteiger charge is 2.31. The molecule has 5 nitrogen and oxygen atoms in total. The second-order valence-electron chi connectivity index (χ2n) is 5.76. The van der Waals surface area contributed by atoms with Crippen LogP contribution in [0.4, 0.5) is 24.5 Å². The predicted octanol–water partition coefficient (Wildman–Crippen LogP) is 5.47. The van der Waals surface area contributed by atoms with Gasteiger partial charge in [0.25, 0.3) is 15.9 Å². The largest absolute Gasteiger partial charge is 0.416 e. The zero-order valence-corrected chi connectivity index (χ0v) is 16.7. The number of carbonyl (C=O) groups is 1. The van der Waals surface area contributed by atoms with Crippen molar-refractivity contribution in [1.82, 2.24) is 0 Å². The fraction of sp³-hybridized carbons (Fsp3) is 0.0556. The molecule has 0 radical (unpaired) electrons. The van der Waals surface area contributed by atoms with Crippen molar-refractivity contribution in [1.29, 1.82) is 0 Å². The van der Waals surface area contributed by atoms with E-state index in [-0.39, 0.29) is 26.2 Å². The summed E-state index contributed by atoms with van der Waals surface area (Å²) in [5.74, 6) is -0.695. The fourth-order valence-electron chi connectivity index (χ4n) is 2.30. The number of carbonyl (C=O) groups excluding carboxylic acids is 1. The van der Waals surface area contributed by atoms with Crippen LogP contribution >= 0.6 is 22.9 Å². The van der Waals surface area contributed by atoms with Crippen molar-refractivity contribution in [3.8, 4) is 0 Å². The van der Waals surface area contributed by atoms with Crippen LogP contribution in [0.25, 0.3) is 0 Å². The summed E-state index contributed by atoms with van der Waals surface area (Å²) in [6, 6.07) is 11.1. The Labute approximate surface area is 173 Å². The van der Waals surface area contributed by atoms with E-state index in [0.29, 0.717) is 0 Å². The lowest BCUT2D eigenvalue weighted by atomic mass is 10.1. The molecule has 1 heterocycles. The van der Waals surface area contributed by atoms with Gasteiger partial charge in [0.05, 0.1) is 16.3 Å². The molecule has 152 valence electrons. The second-order valence-corrected chi connectivity index (χ2v) is 9.03. The van der Waals surface area contributed by atoms with Crippen molar-refractivity contribution in [2.24, 2.45) is 0 Å². The molecule has 0 aliphatic heterocycles. The van der Waals surface area contributed by atoms with Crippen LogP contribution in [-0.4, -0.2) is 14.3 Å². The fourth-order valence-corrected chi connectivity index (χ4v) is 4.52. The molecule has 0 aliphatic rings. The van der Waals surface area contributed by atoms with Crippen molar-refractivity contribution in [3.63, 3.8) is 0 Å². The molecule has 3 aromatic rings. The van der Waals surface area contributed by atoms with Crippen LogP contribution in [0, 0.1) is 0 Å². The standard InChI is InChI=1S/C18H12ClF3N2O3S2/c19-14-8-5-12(18(20,21)22)10-15(14)23-17(25)11-3-6-13(7-4-11)24-29(26,27)16-2-1-9-28-16/h1-10,24H,(H,23,25). The third-order valence-corrected chi connectivity index (χ3v) is 6.81. The van der Waals surface area contributed by atoms with Gasteiger partial charge in [-0.1, -0.05) is 17.7 Å². The molecule has 1 aromatic heterocycles. The number of rotatable bonds is 5. The summed E-state index contributed by atoms with van der Waals surface area (Å²) >= 11 is 6.92. The lowest BCUT2D eigenvalue weighted by molar-refractivity contribution is -0.137. The quantitative estimate of drug-likeness (QED) is 0.530. The van der Waals surface area contributed by atoms with Gasteiger partial charge in [-0.3, -0.25) is 9.52 Å². The molecule has 0 bridgehead atoms. The highest BCUT2D eigenvalue weighted by molar-refractivity contribution is 7.94. The van der Waals surface area contributed by atoms with Gasteiger partial charge >= 0.3 is 6.18 Å². The summed E-state index contributed by atoms with van der Waals surface area (Å²) in [7, 11) is -3.73. The lowest BCUT2D eigenvalue weighted by Crippen LogP contribution is -2.14. The highest BCUT2D eigenvalue weighted by Crippen LogP contribution is 2.34. The first-order valence-corrected chi connectivity index (χ1v) is 10.6. The van der Waals surface area contributed by atoms with E-state index in [1.54, 1.807) is 11.4 Å². The molecule has 0 aliphatic carbocycles. The van der Waals surface area contributed by atoms with Crippen molar-refractivity contribution in [2.45, 2.75) is 10.4 Å². The summed E-state index contributed by atoms with van der Waals surface area (Å²) in [6.07, 6.45) is -4.58. The molecule has 29 heavy (non-hydrogen) atoms. The maximum absolute atomic E-state index is 12.8. The lowest BCUT2D eigenvalue weighted by Gasteiger charge is -2.12. The molecule has 2 N–H and O–H groups in total.